The van der Waals surface area contributed by atoms with Crippen molar-refractivity contribution in [2.24, 2.45) is 4.99 Å². The molecule has 0 aliphatic carbocycles. The molecular formula is C29H28IN3O5S. The first-order valence-electron chi connectivity index (χ1n) is 12.4. The summed E-state index contributed by atoms with van der Waals surface area (Å²) >= 11 is 3.46. The summed E-state index contributed by atoms with van der Waals surface area (Å²) in [6, 6.07) is 21.8. The number of nitrogens with zero attached hydrogens (tertiary/aromatic N) is 2. The van der Waals surface area contributed by atoms with Gasteiger partial charge in [-0.1, -0.05) is 23.9 Å². The Labute approximate surface area is 245 Å². The van der Waals surface area contributed by atoms with Crippen LogP contribution in [0.1, 0.15) is 29.3 Å². The van der Waals surface area contributed by atoms with E-state index < -0.39 is 11.2 Å². The predicted molar refractivity (Wildman–Crippen MR) is 162 cm³/mol. The van der Waals surface area contributed by atoms with Crippen molar-refractivity contribution in [2.75, 3.05) is 25.6 Å². The van der Waals surface area contributed by atoms with Crippen molar-refractivity contribution in [3.8, 4) is 5.75 Å². The van der Waals surface area contributed by atoms with E-state index in [1.165, 1.54) is 11.8 Å². The summed E-state index contributed by atoms with van der Waals surface area (Å²) in [7, 11) is 1.62. The van der Waals surface area contributed by atoms with Crippen LogP contribution in [0, 0.1) is 3.57 Å². The molecule has 0 aromatic heterocycles. The van der Waals surface area contributed by atoms with Gasteiger partial charge in [0.25, 0.3) is 0 Å². The van der Waals surface area contributed by atoms with Crippen LogP contribution < -0.4 is 10.1 Å². The molecule has 4 rings (SSSR count). The van der Waals surface area contributed by atoms with Crippen molar-refractivity contribution < 1.29 is 23.9 Å². The zero-order valence-corrected chi connectivity index (χ0v) is 24.5. The monoisotopic (exact) mass is 657 g/mol. The van der Waals surface area contributed by atoms with Crippen LogP contribution in [-0.2, 0) is 20.7 Å². The molecule has 0 spiro atoms. The number of esters is 1. The third-order valence-corrected chi connectivity index (χ3v) is 7.84. The zero-order chi connectivity index (χ0) is 27.8. The van der Waals surface area contributed by atoms with Gasteiger partial charge < -0.3 is 14.8 Å². The number of thioether (sulfide) groups is 1. The molecule has 8 nitrogen and oxygen atoms in total. The minimum atomic E-state index is -0.633. The number of aliphatic imine (C=N–C) groups is 1. The molecule has 0 radical (unpaired) electrons. The highest BCUT2D eigenvalue weighted by atomic mass is 127. The second-order valence-corrected chi connectivity index (χ2v) is 11.0. The number of nitrogens with one attached hydrogen (secondary N) is 1. The standard InChI is InChI=1S/C29H28IN3O5S/c1-3-38-28(36)20-6-10-23(11-7-20)32-29-33(17-16-19-4-14-24(37-2)15-5-19)26(34)18-25(39-29)27(35)31-22-12-8-21(30)9-13-22/h4-15,25H,3,16-18H2,1-2H3,(H,31,35). The molecule has 1 aliphatic rings. The van der Waals surface area contributed by atoms with E-state index >= 15 is 0 Å². The topological polar surface area (TPSA) is 97.3 Å². The fraction of sp³-hybridized carbons (Fsp3) is 0.241. The number of carbonyl (C=O) groups excluding carboxylic acids is 3. The number of halogens is 1. The van der Waals surface area contributed by atoms with Gasteiger partial charge in [-0.25, -0.2) is 9.79 Å². The summed E-state index contributed by atoms with van der Waals surface area (Å²) in [5.74, 6) is -0.0761. The van der Waals surface area contributed by atoms with Crippen LogP contribution >= 0.6 is 34.4 Å². The van der Waals surface area contributed by atoms with E-state index in [4.69, 9.17) is 14.5 Å². The Kier molecular flexibility index (Phi) is 9.99. The molecule has 2 amide bonds. The van der Waals surface area contributed by atoms with E-state index in [1.807, 2.05) is 48.5 Å². The van der Waals surface area contributed by atoms with Crippen molar-refractivity contribution >= 4 is 68.7 Å². The van der Waals surface area contributed by atoms with Crippen LogP contribution in [0.4, 0.5) is 11.4 Å². The second-order valence-electron chi connectivity index (χ2n) is 8.61. The number of carbonyl (C=O) groups is 3. The molecule has 1 fully saturated rings. The Balaban J connectivity index is 1.55. The quantitative estimate of drug-likeness (QED) is 0.235. The fourth-order valence-corrected chi connectivity index (χ4v) is 5.33. The van der Waals surface area contributed by atoms with Gasteiger partial charge in [0.2, 0.25) is 11.8 Å². The van der Waals surface area contributed by atoms with Crippen LogP contribution in [0.3, 0.4) is 0 Å². The van der Waals surface area contributed by atoms with E-state index in [0.29, 0.717) is 35.1 Å². The molecule has 39 heavy (non-hydrogen) atoms. The Morgan fingerprint density at radius 2 is 1.74 bits per heavy atom. The van der Waals surface area contributed by atoms with Crippen molar-refractivity contribution in [3.63, 3.8) is 0 Å². The number of hydrogen-bond donors (Lipinski definition) is 1. The normalized spacial score (nSPS) is 16.2. The number of rotatable bonds is 9. The molecule has 10 heteroatoms. The van der Waals surface area contributed by atoms with E-state index in [1.54, 1.807) is 43.2 Å². The third-order valence-electron chi connectivity index (χ3n) is 5.93. The second kappa shape index (κ2) is 13.6. The maximum Gasteiger partial charge on any atom is 0.338 e. The van der Waals surface area contributed by atoms with E-state index in [9.17, 15) is 14.4 Å². The summed E-state index contributed by atoms with van der Waals surface area (Å²) in [5, 5.41) is 2.71. The molecule has 1 saturated heterocycles. The number of amides is 2. The number of benzene rings is 3. The number of anilines is 1. The lowest BCUT2D eigenvalue weighted by Crippen LogP contribution is -2.46. The molecule has 202 valence electrons. The molecule has 1 aliphatic heterocycles. The summed E-state index contributed by atoms with van der Waals surface area (Å²) in [5.41, 5.74) is 2.69. The third kappa shape index (κ3) is 7.82. The van der Waals surface area contributed by atoms with Gasteiger partial charge in [0.1, 0.15) is 11.0 Å². The minimum Gasteiger partial charge on any atom is -0.497 e. The Bertz CT molecular complexity index is 1340. The lowest BCUT2D eigenvalue weighted by atomic mass is 10.1. The van der Waals surface area contributed by atoms with Crippen LogP contribution in [0.25, 0.3) is 0 Å². The lowest BCUT2D eigenvalue weighted by molar-refractivity contribution is -0.129. The highest BCUT2D eigenvalue weighted by molar-refractivity contribution is 14.1. The average molecular weight is 658 g/mol. The van der Waals surface area contributed by atoms with Crippen LogP contribution in [0.15, 0.2) is 77.8 Å². The van der Waals surface area contributed by atoms with Gasteiger partial charge >= 0.3 is 5.97 Å². The number of methoxy groups -OCH3 is 1. The van der Waals surface area contributed by atoms with Gasteiger partial charge in [0.15, 0.2) is 5.17 Å². The van der Waals surface area contributed by atoms with Crippen LogP contribution in [0.2, 0.25) is 0 Å². The first kappa shape index (κ1) is 28.6. The summed E-state index contributed by atoms with van der Waals surface area (Å²) in [6.45, 7) is 2.45. The largest absolute Gasteiger partial charge is 0.497 e. The number of hydrogen-bond acceptors (Lipinski definition) is 7. The number of amidine groups is 1. The molecule has 0 saturated carbocycles. The maximum atomic E-state index is 13.3. The molecular weight excluding hydrogens is 629 g/mol. The molecule has 1 unspecified atom stereocenters. The van der Waals surface area contributed by atoms with Gasteiger partial charge in [-0.3, -0.25) is 14.5 Å². The molecule has 0 bridgehead atoms. The summed E-state index contributed by atoms with van der Waals surface area (Å²) < 4.78 is 11.3. The van der Waals surface area contributed by atoms with Gasteiger partial charge in [-0.15, -0.1) is 0 Å². The summed E-state index contributed by atoms with van der Waals surface area (Å²) in [4.78, 5) is 44.8. The van der Waals surface area contributed by atoms with Gasteiger partial charge in [0, 0.05) is 22.2 Å². The fourth-order valence-electron chi connectivity index (χ4n) is 3.85. The molecule has 3 aromatic carbocycles. The van der Waals surface area contributed by atoms with Gasteiger partial charge in [-0.2, -0.15) is 0 Å². The first-order chi connectivity index (χ1) is 18.9. The van der Waals surface area contributed by atoms with Gasteiger partial charge in [0.05, 0.1) is 25.0 Å². The van der Waals surface area contributed by atoms with Crippen LogP contribution in [0.5, 0.6) is 5.75 Å². The molecule has 1 heterocycles. The van der Waals surface area contributed by atoms with Crippen molar-refractivity contribution in [1.29, 1.82) is 0 Å². The summed E-state index contributed by atoms with van der Waals surface area (Å²) in [6.07, 6.45) is 0.668. The zero-order valence-electron chi connectivity index (χ0n) is 21.6. The Morgan fingerprint density at radius 1 is 1.05 bits per heavy atom. The highest BCUT2D eigenvalue weighted by Gasteiger charge is 2.35. The van der Waals surface area contributed by atoms with Crippen molar-refractivity contribution in [2.45, 2.75) is 25.0 Å². The Morgan fingerprint density at radius 3 is 2.38 bits per heavy atom. The first-order valence-corrected chi connectivity index (χ1v) is 14.3. The van der Waals surface area contributed by atoms with Gasteiger partial charge in [-0.05, 0) is 102 Å². The predicted octanol–water partition coefficient (Wildman–Crippen LogP) is 5.68. The maximum absolute atomic E-state index is 13.3. The smallest absolute Gasteiger partial charge is 0.338 e. The van der Waals surface area contributed by atoms with E-state index in [0.717, 1.165) is 14.9 Å². The van der Waals surface area contributed by atoms with Crippen molar-refractivity contribution in [1.82, 2.24) is 4.90 Å². The molecule has 1 N–H and O–H groups in total. The molecule has 3 aromatic rings. The molecule has 1 atom stereocenters. The Hall–Kier alpha value is -3.38. The van der Waals surface area contributed by atoms with E-state index in [2.05, 4.69) is 27.9 Å². The average Bonchev–Trinajstić information content (AvgIpc) is 2.94. The highest BCUT2D eigenvalue weighted by Crippen LogP contribution is 2.30. The minimum absolute atomic E-state index is 0.0598. The van der Waals surface area contributed by atoms with E-state index in [-0.39, 0.29) is 24.8 Å². The number of ether oxygens (including phenoxy) is 2. The SMILES string of the molecule is CCOC(=O)c1ccc(N=C2SC(C(=O)Nc3ccc(I)cc3)CC(=O)N2CCc2ccc(OC)cc2)cc1. The van der Waals surface area contributed by atoms with Crippen molar-refractivity contribution in [3.05, 3.63) is 87.5 Å². The lowest BCUT2D eigenvalue weighted by Gasteiger charge is -2.32. The van der Waals surface area contributed by atoms with Crippen LogP contribution in [-0.4, -0.2) is 53.4 Å².